The number of hydrogen-bond acceptors (Lipinski definition) is 11. The number of carbonyl (C=O) groups excluding carboxylic acids is 5. The third-order valence-corrected chi connectivity index (χ3v) is 4.55. The molecule has 0 N–H and O–H groups in total. The van der Waals surface area contributed by atoms with Gasteiger partial charge in [-0.3, -0.25) is 19.2 Å². The van der Waals surface area contributed by atoms with Crippen molar-refractivity contribution < 1.29 is 47.7 Å². The van der Waals surface area contributed by atoms with Crippen LogP contribution >= 0.6 is 0 Å². The van der Waals surface area contributed by atoms with Crippen LogP contribution < -0.4 is 0 Å². The van der Waals surface area contributed by atoms with Crippen molar-refractivity contribution >= 4 is 29.8 Å². The molecule has 33 heavy (non-hydrogen) atoms. The summed E-state index contributed by atoms with van der Waals surface area (Å²) in [5.74, 6) is -4.15. The summed E-state index contributed by atoms with van der Waals surface area (Å²) in [4.78, 5) is 63.3. The fraction of sp³-hybridized carbons (Fsp3) is 0.632. The van der Waals surface area contributed by atoms with Crippen molar-refractivity contribution in [3.8, 4) is 0 Å². The molecule has 1 aliphatic heterocycles. The van der Waals surface area contributed by atoms with Gasteiger partial charge in [0.15, 0.2) is 18.3 Å². The molecule has 0 aromatic carbocycles. The van der Waals surface area contributed by atoms with E-state index >= 15 is 0 Å². The van der Waals surface area contributed by atoms with Crippen molar-refractivity contribution in [2.24, 2.45) is 5.11 Å². The molecule has 0 aliphatic carbocycles. The van der Waals surface area contributed by atoms with Crippen molar-refractivity contribution in [3.63, 3.8) is 0 Å². The largest absolute Gasteiger partial charge is 0.477 e. The van der Waals surface area contributed by atoms with Gasteiger partial charge in [0, 0.05) is 39.7 Å². The van der Waals surface area contributed by atoms with Gasteiger partial charge < -0.3 is 28.6 Å². The van der Waals surface area contributed by atoms with E-state index in [0.717, 1.165) is 38.9 Å². The molecular weight excluding hydrogens is 444 g/mol. The molecule has 1 amide bonds. The van der Waals surface area contributed by atoms with Gasteiger partial charge in [0.1, 0.15) is 6.61 Å². The second-order valence-electron chi connectivity index (χ2n) is 6.95. The van der Waals surface area contributed by atoms with Gasteiger partial charge in [-0.05, 0) is 11.6 Å². The van der Waals surface area contributed by atoms with Crippen LogP contribution in [-0.2, 0) is 47.7 Å². The summed E-state index contributed by atoms with van der Waals surface area (Å²) in [6.07, 6.45) is -3.14. The van der Waals surface area contributed by atoms with Gasteiger partial charge in [-0.1, -0.05) is 5.11 Å². The Bertz CT molecular complexity index is 867. The van der Waals surface area contributed by atoms with Crippen LogP contribution in [0.1, 0.15) is 27.7 Å². The molecule has 182 valence electrons. The van der Waals surface area contributed by atoms with E-state index < -0.39 is 66.8 Å². The molecule has 5 atom stereocenters. The Morgan fingerprint density at radius 2 is 1.73 bits per heavy atom. The number of carbonyl (C=O) groups is 5. The lowest BCUT2D eigenvalue weighted by molar-refractivity contribution is -0.191. The number of esters is 4. The summed E-state index contributed by atoms with van der Waals surface area (Å²) in [7, 11) is 2.46. The van der Waals surface area contributed by atoms with E-state index in [1.54, 1.807) is 0 Å². The molecule has 0 saturated carbocycles. The van der Waals surface area contributed by atoms with Gasteiger partial charge in [-0.25, -0.2) is 4.79 Å². The van der Waals surface area contributed by atoms with Crippen molar-refractivity contribution in [1.82, 2.24) is 4.90 Å². The Balaban J connectivity index is 3.68. The van der Waals surface area contributed by atoms with Gasteiger partial charge in [0.05, 0.1) is 19.2 Å². The maximum Gasteiger partial charge on any atom is 0.372 e. The van der Waals surface area contributed by atoms with E-state index in [1.807, 2.05) is 0 Å². The van der Waals surface area contributed by atoms with Gasteiger partial charge >= 0.3 is 23.9 Å². The van der Waals surface area contributed by atoms with E-state index in [0.29, 0.717) is 0 Å². The highest BCUT2D eigenvalue weighted by Crippen LogP contribution is 2.30. The minimum absolute atomic E-state index is 0.390. The number of likely N-dealkylation sites (N-methyl/N-ethyl adjacent to an activating group) is 1. The Labute approximate surface area is 189 Å². The van der Waals surface area contributed by atoms with Crippen molar-refractivity contribution in [3.05, 3.63) is 22.3 Å². The normalized spacial score (nSPS) is 21.0. The highest BCUT2D eigenvalue weighted by molar-refractivity contribution is 5.86. The molecule has 0 bridgehead atoms. The number of hydrogen-bond donors (Lipinski definition) is 0. The topological polar surface area (TPSA) is 183 Å². The lowest BCUT2D eigenvalue weighted by atomic mass is 9.91. The Morgan fingerprint density at radius 3 is 2.18 bits per heavy atom. The van der Waals surface area contributed by atoms with Crippen LogP contribution in [0, 0.1) is 0 Å². The number of nitrogens with zero attached hydrogens (tertiary/aromatic N) is 4. The maximum atomic E-state index is 12.2. The van der Waals surface area contributed by atoms with E-state index in [4.69, 9.17) is 24.5 Å². The number of methoxy groups -OCH3 is 1. The lowest BCUT2D eigenvalue weighted by Gasteiger charge is -2.43. The molecule has 0 radical (unpaired) electrons. The molecule has 0 spiro atoms. The van der Waals surface area contributed by atoms with E-state index in [1.165, 1.54) is 14.0 Å². The van der Waals surface area contributed by atoms with Gasteiger partial charge in [0.25, 0.3) is 0 Å². The summed E-state index contributed by atoms with van der Waals surface area (Å²) in [6.45, 7) is 3.96. The summed E-state index contributed by atoms with van der Waals surface area (Å²) in [6, 6.07) is -2.28. The predicted molar refractivity (Wildman–Crippen MR) is 108 cm³/mol. The van der Waals surface area contributed by atoms with Crippen LogP contribution in [-0.4, -0.2) is 85.8 Å². The van der Waals surface area contributed by atoms with Crippen LogP contribution in [0.3, 0.4) is 0 Å². The van der Waals surface area contributed by atoms with Crippen molar-refractivity contribution in [2.45, 2.75) is 58.1 Å². The van der Waals surface area contributed by atoms with Crippen LogP contribution in [0.2, 0.25) is 0 Å². The zero-order valence-corrected chi connectivity index (χ0v) is 19.0. The SMILES string of the molecule is COC(=O)C1=C[C@H](N=[N+]=[N-])[C@@H](N(C)C(C)=O)[C@H]([C@H](OC(C)=O)[C@@H](COC(C)=O)OC(C)=O)O1. The van der Waals surface area contributed by atoms with E-state index in [9.17, 15) is 24.0 Å². The smallest absolute Gasteiger partial charge is 0.372 e. The lowest BCUT2D eigenvalue weighted by Crippen LogP contribution is -2.61. The molecule has 14 nitrogen and oxygen atoms in total. The monoisotopic (exact) mass is 470 g/mol. The highest BCUT2D eigenvalue weighted by atomic mass is 16.6. The van der Waals surface area contributed by atoms with E-state index in [-0.39, 0.29) is 5.76 Å². The summed E-state index contributed by atoms with van der Waals surface area (Å²) in [5.41, 5.74) is 9.04. The highest BCUT2D eigenvalue weighted by Gasteiger charge is 2.49. The molecule has 0 aromatic heterocycles. The van der Waals surface area contributed by atoms with Crippen molar-refractivity contribution in [2.75, 3.05) is 20.8 Å². The predicted octanol–water partition coefficient (Wildman–Crippen LogP) is 0.394. The Hall–Kier alpha value is -3.80. The maximum absolute atomic E-state index is 12.2. The fourth-order valence-electron chi connectivity index (χ4n) is 3.16. The molecular formula is C19H26N4O10. The van der Waals surface area contributed by atoms with Crippen molar-refractivity contribution in [1.29, 1.82) is 0 Å². The first-order valence-corrected chi connectivity index (χ1v) is 9.65. The standard InChI is InChI=1S/C19H26N4O10/c1-9(24)23(5)16-13(21-22-20)7-14(19(28)29-6)33-18(16)17(32-12(4)27)15(31-11(3)26)8-30-10(2)25/h7,13,15-18H,8H2,1-6H3/t13-,15+,16+,17+,18+/m0/s1. The second kappa shape index (κ2) is 12.3. The van der Waals surface area contributed by atoms with Gasteiger partial charge in [-0.2, -0.15) is 0 Å². The van der Waals surface area contributed by atoms with E-state index in [2.05, 4.69) is 14.8 Å². The summed E-state index contributed by atoms with van der Waals surface area (Å²) >= 11 is 0. The Kier molecular flexibility index (Phi) is 10.1. The third kappa shape index (κ3) is 7.68. The Morgan fingerprint density at radius 1 is 1.12 bits per heavy atom. The second-order valence-corrected chi connectivity index (χ2v) is 6.95. The zero-order valence-electron chi connectivity index (χ0n) is 19.0. The quantitative estimate of drug-likeness (QED) is 0.150. The van der Waals surface area contributed by atoms with Crippen LogP contribution in [0.5, 0.6) is 0 Å². The molecule has 1 aliphatic rings. The molecule has 1 rings (SSSR count). The van der Waals surface area contributed by atoms with Gasteiger partial charge in [-0.15, -0.1) is 0 Å². The minimum Gasteiger partial charge on any atom is -0.477 e. The summed E-state index contributed by atoms with van der Waals surface area (Å²) < 4.78 is 25.9. The fourth-order valence-corrected chi connectivity index (χ4v) is 3.16. The molecule has 0 aromatic rings. The molecule has 0 unspecified atom stereocenters. The zero-order chi connectivity index (χ0) is 25.3. The summed E-state index contributed by atoms with van der Waals surface area (Å²) in [5, 5.41) is 3.63. The molecule has 0 saturated heterocycles. The number of rotatable bonds is 9. The average molecular weight is 470 g/mol. The van der Waals surface area contributed by atoms with Crippen LogP contribution in [0.15, 0.2) is 16.9 Å². The number of ether oxygens (including phenoxy) is 5. The first-order valence-electron chi connectivity index (χ1n) is 9.65. The van der Waals surface area contributed by atoms with Crippen LogP contribution in [0.25, 0.3) is 10.4 Å². The third-order valence-electron chi connectivity index (χ3n) is 4.55. The first-order chi connectivity index (χ1) is 15.4. The number of amides is 1. The first kappa shape index (κ1) is 27.2. The molecule has 0 fully saturated rings. The number of azide groups is 1. The minimum atomic E-state index is -1.50. The molecule has 1 heterocycles. The van der Waals surface area contributed by atoms with Gasteiger partial charge in [0.2, 0.25) is 11.7 Å². The molecule has 14 heteroatoms. The average Bonchev–Trinajstić information content (AvgIpc) is 2.73. The van der Waals surface area contributed by atoms with Crippen LogP contribution in [0.4, 0.5) is 0 Å².